The van der Waals surface area contributed by atoms with Crippen LogP contribution >= 0.6 is 0 Å². The summed E-state index contributed by atoms with van der Waals surface area (Å²) < 4.78 is 34.8. The van der Waals surface area contributed by atoms with E-state index in [1.165, 1.54) is 0 Å². The Labute approximate surface area is 159 Å². The number of sulfonamides is 1. The standard InChI is InChI=1S/C20H23N3O3S/c24-27(25,14-18-5-3-4-12-26-18)22-13-16-8-10-17(11-9-16)23-15-21-19-6-1-2-7-20(19)23/h1-2,6-11,15,18,22H,3-5,12-14H2. The van der Waals surface area contributed by atoms with Crippen LogP contribution in [0.3, 0.4) is 0 Å². The first-order valence-electron chi connectivity index (χ1n) is 9.21. The minimum Gasteiger partial charge on any atom is -0.377 e. The SMILES string of the molecule is O=S(=O)(CC1CCCCO1)NCc1ccc(-n2cnc3ccccc32)cc1. The number of aromatic nitrogens is 2. The van der Waals surface area contributed by atoms with Gasteiger partial charge in [-0.25, -0.2) is 18.1 Å². The summed E-state index contributed by atoms with van der Waals surface area (Å²) in [6.45, 7) is 0.935. The molecule has 1 aromatic heterocycles. The monoisotopic (exact) mass is 385 g/mol. The van der Waals surface area contributed by atoms with Gasteiger partial charge in [0.05, 0.1) is 22.9 Å². The molecule has 1 saturated heterocycles. The first-order valence-corrected chi connectivity index (χ1v) is 10.9. The summed E-state index contributed by atoms with van der Waals surface area (Å²) in [6.07, 6.45) is 4.47. The van der Waals surface area contributed by atoms with Gasteiger partial charge >= 0.3 is 0 Å². The lowest BCUT2D eigenvalue weighted by atomic mass is 10.1. The lowest BCUT2D eigenvalue weighted by Gasteiger charge is -2.22. The minimum absolute atomic E-state index is 0.0338. The van der Waals surface area contributed by atoms with E-state index in [-0.39, 0.29) is 18.4 Å². The summed E-state index contributed by atoms with van der Waals surface area (Å²) in [5, 5.41) is 0. The van der Waals surface area contributed by atoms with Gasteiger partial charge in [0.25, 0.3) is 0 Å². The Bertz CT molecular complexity index is 1010. The number of para-hydroxylation sites is 2. The lowest BCUT2D eigenvalue weighted by molar-refractivity contribution is 0.0304. The predicted octanol–water partition coefficient (Wildman–Crippen LogP) is 3.01. The van der Waals surface area contributed by atoms with Gasteiger partial charge in [-0.15, -0.1) is 0 Å². The Hall–Kier alpha value is -2.22. The van der Waals surface area contributed by atoms with Gasteiger partial charge in [-0.1, -0.05) is 24.3 Å². The third-order valence-electron chi connectivity index (χ3n) is 4.84. The van der Waals surface area contributed by atoms with Crippen LogP contribution in [0.15, 0.2) is 54.9 Å². The number of imidazole rings is 1. The molecule has 1 atom stereocenters. The first-order chi connectivity index (χ1) is 13.1. The van der Waals surface area contributed by atoms with Gasteiger partial charge in [0, 0.05) is 18.8 Å². The zero-order valence-electron chi connectivity index (χ0n) is 15.0. The van der Waals surface area contributed by atoms with Crippen LogP contribution < -0.4 is 4.72 Å². The average molecular weight is 385 g/mol. The highest BCUT2D eigenvalue weighted by atomic mass is 32.2. The molecule has 142 valence electrons. The highest BCUT2D eigenvalue weighted by Gasteiger charge is 2.21. The molecular formula is C20H23N3O3S. The second-order valence-electron chi connectivity index (χ2n) is 6.86. The van der Waals surface area contributed by atoms with Crippen LogP contribution in [-0.2, 0) is 21.3 Å². The summed E-state index contributed by atoms with van der Waals surface area (Å²) in [6, 6.07) is 15.8. The number of nitrogens with one attached hydrogen (secondary N) is 1. The number of hydrogen-bond acceptors (Lipinski definition) is 4. The molecule has 1 aliphatic rings. The Kier molecular flexibility index (Phi) is 5.24. The van der Waals surface area contributed by atoms with Crippen LogP contribution in [0.2, 0.25) is 0 Å². The van der Waals surface area contributed by atoms with Crippen molar-refractivity contribution in [2.75, 3.05) is 12.4 Å². The zero-order valence-corrected chi connectivity index (χ0v) is 15.9. The van der Waals surface area contributed by atoms with E-state index in [1.807, 2.05) is 53.1 Å². The van der Waals surface area contributed by atoms with E-state index in [4.69, 9.17) is 4.74 Å². The quantitative estimate of drug-likeness (QED) is 0.708. The molecule has 0 bridgehead atoms. The maximum atomic E-state index is 12.3. The Balaban J connectivity index is 1.40. The maximum Gasteiger partial charge on any atom is 0.214 e. The molecule has 0 saturated carbocycles. The molecule has 0 radical (unpaired) electrons. The topological polar surface area (TPSA) is 73.2 Å². The molecule has 2 heterocycles. The number of hydrogen-bond donors (Lipinski definition) is 1. The fourth-order valence-electron chi connectivity index (χ4n) is 3.38. The maximum absolute atomic E-state index is 12.3. The van der Waals surface area contributed by atoms with Gasteiger partial charge in [0.2, 0.25) is 10.0 Å². The van der Waals surface area contributed by atoms with Crippen molar-refractivity contribution in [1.82, 2.24) is 14.3 Å². The molecule has 27 heavy (non-hydrogen) atoms. The number of benzene rings is 2. The highest BCUT2D eigenvalue weighted by molar-refractivity contribution is 7.89. The van der Waals surface area contributed by atoms with E-state index in [1.54, 1.807) is 6.33 Å². The van der Waals surface area contributed by atoms with E-state index in [0.717, 1.165) is 41.5 Å². The summed E-state index contributed by atoms with van der Waals surface area (Å²) in [7, 11) is -3.35. The predicted molar refractivity (Wildman–Crippen MR) is 105 cm³/mol. The van der Waals surface area contributed by atoms with Crippen LogP contribution in [0.1, 0.15) is 24.8 Å². The van der Waals surface area contributed by atoms with E-state index in [9.17, 15) is 8.42 Å². The number of rotatable bonds is 6. The van der Waals surface area contributed by atoms with Crippen molar-refractivity contribution >= 4 is 21.1 Å². The molecule has 7 heteroatoms. The minimum atomic E-state index is -3.35. The molecular weight excluding hydrogens is 362 g/mol. The molecule has 6 nitrogen and oxygen atoms in total. The molecule has 0 spiro atoms. The van der Waals surface area contributed by atoms with Crippen LogP contribution in [-0.4, -0.2) is 36.4 Å². The van der Waals surface area contributed by atoms with Crippen molar-refractivity contribution in [3.05, 3.63) is 60.4 Å². The van der Waals surface area contributed by atoms with Crippen molar-refractivity contribution in [3.63, 3.8) is 0 Å². The third-order valence-corrected chi connectivity index (χ3v) is 6.24. The molecule has 1 fully saturated rings. The van der Waals surface area contributed by atoms with Crippen molar-refractivity contribution in [2.45, 2.75) is 31.9 Å². The first kappa shape index (κ1) is 18.2. The fraction of sp³-hybridized carbons (Fsp3) is 0.350. The summed E-state index contributed by atoms with van der Waals surface area (Å²) in [5.74, 6) is 0.0338. The fourth-order valence-corrected chi connectivity index (χ4v) is 4.63. The Morgan fingerprint density at radius 3 is 2.70 bits per heavy atom. The molecule has 1 aliphatic heterocycles. The van der Waals surface area contributed by atoms with Gasteiger partial charge in [-0.2, -0.15) is 0 Å². The Morgan fingerprint density at radius 2 is 1.93 bits per heavy atom. The molecule has 2 aromatic carbocycles. The smallest absolute Gasteiger partial charge is 0.214 e. The molecule has 0 aliphatic carbocycles. The van der Waals surface area contributed by atoms with Gasteiger partial charge in [0.1, 0.15) is 6.33 Å². The van der Waals surface area contributed by atoms with Crippen LogP contribution in [0.5, 0.6) is 0 Å². The van der Waals surface area contributed by atoms with E-state index >= 15 is 0 Å². The average Bonchev–Trinajstić information content (AvgIpc) is 3.11. The van der Waals surface area contributed by atoms with Gasteiger partial charge in [-0.05, 0) is 49.1 Å². The third kappa shape index (κ3) is 4.37. The van der Waals surface area contributed by atoms with Crippen LogP contribution in [0.4, 0.5) is 0 Å². The summed E-state index contributed by atoms with van der Waals surface area (Å²) in [4.78, 5) is 4.40. The van der Waals surface area contributed by atoms with Crippen LogP contribution in [0.25, 0.3) is 16.7 Å². The highest BCUT2D eigenvalue weighted by Crippen LogP contribution is 2.18. The summed E-state index contributed by atoms with van der Waals surface area (Å²) in [5.41, 5.74) is 3.89. The number of fused-ring (bicyclic) bond motifs is 1. The lowest BCUT2D eigenvalue weighted by Crippen LogP contribution is -2.34. The van der Waals surface area contributed by atoms with Crippen LogP contribution in [0, 0.1) is 0 Å². The van der Waals surface area contributed by atoms with Crippen molar-refractivity contribution in [3.8, 4) is 5.69 Å². The molecule has 3 aromatic rings. The van der Waals surface area contributed by atoms with E-state index in [2.05, 4.69) is 9.71 Å². The largest absolute Gasteiger partial charge is 0.377 e. The molecule has 1 N–H and O–H groups in total. The molecule has 1 unspecified atom stereocenters. The second-order valence-corrected chi connectivity index (χ2v) is 8.71. The van der Waals surface area contributed by atoms with E-state index in [0.29, 0.717) is 6.61 Å². The van der Waals surface area contributed by atoms with Crippen molar-refractivity contribution in [2.24, 2.45) is 0 Å². The summed E-state index contributed by atoms with van der Waals surface area (Å²) >= 11 is 0. The number of ether oxygens (including phenoxy) is 1. The van der Waals surface area contributed by atoms with Gasteiger partial charge in [-0.3, -0.25) is 4.57 Å². The number of nitrogens with zero attached hydrogens (tertiary/aromatic N) is 2. The second kappa shape index (κ2) is 7.80. The van der Waals surface area contributed by atoms with Crippen molar-refractivity contribution in [1.29, 1.82) is 0 Å². The Morgan fingerprint density at radius 1 is 1.11 bits per heavy atom. The van der Waals surface area contributed by atoms with Gasteiger partial charge in [0.15, 0.2) is 0 Å². The van der Waals surface area contributed by atoms with Gasteiger partial charge < -0.3 is 4.74 Å². The van der Waals surface area contributed by atoms with Crippen molar-refractivity contribution < 1.29 is 13.2 Å². The molecule has 0 amide bonds. The zero-order chi connectivity index (χ0) is 18.7. The normalized spacial score (nSPS) is 18.0. The molecule has 4 rings (SSSR count). The van der Waals surface area contributed by atoms with E-state index < -0.39 is 10.0 Å².